The van der Waals surface area contributed by atoms with Gasteiger partial charge in [0.15, 0.2) is 0 Å². The van der Waals surface area contributed by atoms with Crippen molar-refractivity contribution in [3.63, 3.8) is 0 Å². The molecule has 1 aromatic rings. The lowest BCUT2D eigenvalue weighted by Gasteiger charge is -2.20. The molecule has 0 amide bonds. The highest BCUT2D eigenvalue weighted by Gasteiger charge is 2.20. The van der Waals surface area contributed by atoms with Crippen molar-refractivity contribution < 1.29 is 9.84 Å². The molecule has 0 spiro atoms. The van der Waals surface area contributed by atoms with Crippen LogP contribution in [0.1, 0.15) is 17.2 Å². The molecule has 0 aliphatic carbocycles. The summed E-state index contributed by atoms with van der Waals surface area (Å²) in [6, 6.07) is 2.90. The molecule has 0 saturated heterocycles. The monoisotopic (exact) mass is 244 g/mol. The van der Waals surface area contributed by atoms with Crippen molar-refractivity contribution in [2.75, 3.05) is 13.7 Å². The van der Waals surface area contributed by atoms with Crippen LogP contribution in [0.3, 0.4) is 0 Å². The maximum atomic E-state index is 9.61. The Labute approximate surface area is 100 Å². The van der Waals surface area contributed by atoms with Crippen LogP contribution in [0.15, 0.2) is 12.1 Å². The highest BCUT2D eigenvalue weighted by molar-refractivity contribution is 6.31. The van der Waals surface area contributed by atoms with Gasteiger partial charge in [0, 0.05) is 17.1 Å². The zero-order valence-corrected chi connectivity index (χ0v) is 10.2. The van der Waals surface area contributed by atoms with E-state index in [4.69, 9.17) is 27.8 Å². The summed E-state index contributed by atoms with van der Waals surface area (Å²) in [5.74, 6) is 0.613. The molecule has 0 aliphatic rings. The first kappa shape index (κ1) is 13.3. The van der Waals surface area contributed by atoms with Gasteiger partial charge in [-0.3, -0.25) is 0 Å². The Morgan fingerprint density at radius 2 is 2.12 bits per heavy atom. The standard InChI is InChI=1S/C11H17ClN2O2/c1-6-3-10(16-2)7(4-8(6)12)11(14)9(15)5-13/h3-4,9,11,15H,5,13-14H2,1-2H3. The number of nitrogens with two attached hydrogens (primary N) is 2. The number of hydrogen-bond acceptors (Lipinski definition) is 4. The lowest BCUT2D eigenvalue weighted by Crippen LogP contribution is -2.33. The van der Waals surface area contributed by atoms with E-state index in [0.717, 1.165) is 5.56 Å². The van der Waals surface area contributed by atoms with Crippen LogP contribution in [0.4, 0.5) is 0 Å². The van der Waals surface area contributed by atoms with Gasteiger partial charge >= 0.3 is 0 Å². The van der Waals surface area contributed by atoms with Crippen molar-refractivity contribution in [3.8, 4) is 5.75 Å². The molecule has 90 valence electrons. The maximum Gasteiger partial charge on any atom is 0.124 e. The van der Waals surface area contributed by atoms with E-state index in [1.54, 1.807) is 19.2 Å². The molecular formula is C11H17ClN2O2. The number of aryl methyl sites for hydroxylation is 1. The molecule has 5 N–H and O–H groups in total. The normalized spacial score (nSPS) is 14.6. The van der Waals surface area contributed by atoms with E-state index in [2.05, 4.69) is 0 Å². The van der Waals surface area contributed by atoms with Gasteiger partial charge in [-0.2, -0.15) is 0 Å². The zero-order valence-electron chi connectivity index (χ0n) is 9.40. The predicted octanol–water partition coefficient (Wildman–Crippen LogP) is 0.976. The quantitative estimate of drug-likeness (QED) is 0.737. The first-order valence-corrected chi connectivity index (χ1v) is 5.36. The van der Waals surface area contributed by atoms with Crippen molar-refractivity contribution in [2.24, 2.45) is 11.5 Å². The summed E-state index contributed by atoms with van der Waals surface area (Å²) in [5, 5.41) is 10.2. The van der Waals surface area contributed by atoms with Gasteiger partial charge < -0.3 is 21.3 Å². The third-order valence-electron chi connectivity index (χ3n) is 2.53. The Balaban J connectivity index is 3.16. The summed E-state index contributed by atoms with van der Waals surface area (Å²) in [5.41, 5.74) is 12.8. The highest BCUT2D eigenvalue weighted by atomic mass is 35.5. The fourth-order valence-electron chi connectivity index (χ4n) is 1.46. The number of hydrogen-bond donors (Lipinski definition) is 3. The van der Waals surface area contributed by atoms with Gasteiger partial charge in [0.1, 0.15) is 5.75 Å². The Morgan fingerprint density at radius 1 is 1.50 bits per heavy atom. The third kappa shape index (κ3) is 2.65. The Bertz CT molecular complexity index is 371. The van der Waals surface area contributed by atoms with Crippen molar-refractivity contribution in [1.82, 2.24) is 0 Å². The zero-order chi connectivity index (χ0) is 12.3. The molecule has 0 radical (unpaired) electrons. The number of ether oxygens (including phenoxy) is 1. The number of halogens is 1. The largest absolute Gasteiger partial charge is 0.496 e. The van der Waals surface area contributed by atoms with Crippen LogP contribution >= 0.6 is 11.6 Å². The SMILES string of the molecule is COc1cc(C)c(Cl)cc1C(N)C(O)CN. The first-order chi connectivity index (χ1) is 7.51. The summed E-state index contributed by atoms with van der Waals surface area (Å²) in [4.78, 5) is 0. The van der Waals surface area contributed by atoms with E-state index >= 15 is 0 Å². The van der Waals surface area contributed by atoms with Crippen LogP contribution in [-0.4, -0.2) is 24.9 Å². The number of methoxy groups -OCH3 is 1. The summed E-state index contributed by atoms with van der Waals surface area (Å²) >= 11 is 6.01. The van der Waals surface area contributed by atoms with Crippen molar-refractivity contribution in [1.29, 1.82) is 0 Å². The Hall–Kier alpha value is -0.810. The average molecular weight is 245 g/mol. The second-order valence-corrected chi connectivity index (χ2v) is 4.08. The van der Waals surface area contributed by atoms with E-state index in [0.29, 0.717) is 16.3 Å². The van der Waals surface area contributed by atoms with Gasteiger partial charge in [0.05, 0.1) is 19.3 Å². The van der Waals surface area contributed by atoms with Crippen molar-refractivity contribution in [3.05, 3.63) is 28.3 Å². The Morgan fingerprint density at radius 3 is 2.62 bits per heavy atom. The topological polar surface area (TPSA) is 81.5 Å². The molecule has 4 nitrogen and oxygen atoms in total. The van der Waals surface area contributed by atoms with Crippen LogP contribution in [-0.2, 0) is 0 Å². The van der Waals surface area contributed by atoms with Crippen LogP contribution in [0.5, 0.6) is 5.75 Å². The molecule has 0 saturated carbocycles. The molecule has 16 heavy (non-hydrogen) atoms. The van der Waals surface area contributed by atoms with E-state index in [9.17, 15) is 5.11 Å². The van der Waals surface area contributed by atoms with Crippen molar-refractivity contribution >= 4 is 11.6 Å². The smallest absolute Gasteiger partial charge is 0.124 e. The second kappa shape index (κ2) is 5.50. The third-order valence-corrected chi connectivity index (χ3v) is 2.93. The molecule has 2 atom stereocenters. The van der Waals surface area contributed by atoms with Gasteiger partial charge in [0.25, 0.3) is 0 Å². The minimum absolute atomic E-state index is 0.0931. The summed E-state index contributed by atoms with van der Waals surface area (Å²) < 4.78 is 5.21. The van der Waals surface area contributed by atoms with E-state index < -0.39 is 12.1 Å². The number of aliphatic hydroxyl groups is 1. The molecule has 0 aromatic heterocycles. The van der Waals surface area contributed by atoms with Crippen LogP contribution < -0.4 is 16.2 Å². The van der Waals surface area contributed by atoms with Gasteiger partial charge in [-0.15, -0.1) is 0 Å². The molecule has 1 aromatic carbocycles. The number of rotatable bonds is 4. The predicted molar refractivity (Wildman–Crippen MR) is 64.7 cm³/mol. The summed E-state index contributed by atoms with van der Waals surface area (Å²) in [6.45, 7) is 1.97. The van der Waals surface area contributed by atoms with E-state index in [1.807, 2.05) is 6.92 Å². The van der Waals surface area contributed by atoms with Crippen molar-refractivity contribution in [2.45, 2.75) is 19.1 Å². The fourth-order valence-corrected chi connectivity index (χ4v) is 1.63. The fraction of sp³-hybridized carbons (Fsp3) is 0.455. The molecule has 2 unspecified atom stereocenters. The lowest BCUT2D eigenvalue weighted by molar-refractivity contribution is 0.151. The highest BCUT2D eigenvalue weighted by Crippen LogP contribution is 2.31. The Kier molecular flexibility index (Phi) is 4.56. The van der Waals surface area contributed by atoms with Crippen LogP contribution in [0.2, 0.25) is 5.02 Å². The molecule has 0 aliphatic heterocycles. The maximum absolute atomic E-state index is 9.61. The molecule has 0 fully saturated rings. The van der Waals surface area contributed by atoms with Gasteiger partial charge in [-0.25, -0.2) is 0 Å². The number of benzene rings is 1. The van der Waals surface area contributed by atoms with E-state index in [-0.39, 0.29) is 6.54 Å². The summed E-state index contributed by atoms with van der Waals surface area (Å²) in [6.07, 6.45) is -0.812. The summed E-state index contributed by atoms with van der Waals surface area (Å²) in [7, 11) is 1.55. The molecule has 0 heterocycles. The van der Waals surface area contributed by atoms with Gasteiger partial charge in [0.2, 0.25) is 0 Å². The van der Waals surface area contributed by atoms with Gasteiger partial charge in [-0.05, 0) is 24.6 Å². The molecular weight excluding hydrogens is 228 g/mol. The minimum atomic E-state index is -0.812. The molecule has 0 bridgehead atoms. The van der Waals surface area contributed by atoms with Crippen LogP contribution in [0, 0.1) is 6.92 Å². The number of aliphatic hydroxyl groups excluding tert-OH is 1. The average Bonchev–Trinajstić information content (AvgIpc) is 2.30. The van der Waals surface area contributed by atoms with E-state index in [1.165, 1.54) is 0 Å². The minimum Gasteiger partial charge on any atom is -0.496 e. The van der Waals surface area contributed by atoms with Crippen LogP contribution in [0.25, 0.3) is 0 Å². The molecule has 5 heteroatoms. The lowest BCUT2D eigenvalue weighted by atomic mass is 10.00. The second-order valence-electron chi connectivity index (χ2n) is 3.67. The van der Waals surface area contributed by atoms with Gasteiger partial charge in [-0.1, -0.05) is 11.6 Å². The first-order valence-electron chi connectivity index (χ1n) is 4.99. The molecule has 1 rings (SSSR count).